The topological polar surface area (TPSA) is 53.2 Å². The van der Waals surface area contributed by atoms with Crippen LogP contribution in [-0.2, 0) is 10.3 Å². The lowest BCUT2D eigenvalue weighted by Crippen LogP contribution is -2.41. The number of hydrogen-bond acceptors (Lipinski definition) is 4. The summed E-state index contributed by atoms with van der Waals surface area (Å²) < 4.78 is 7.20. The van der Waals surface area contributed by atoms with E-state index in [-0.39, 0.29) is 12.2 Å². The lowest BCUT2D eigenvalue weighted by Gasteiger charge is -2.41. The molecule has 1 aliphatic rings. The maximum Gasteiger partial charge on any atom is 0.133 e. The fourth-order valence-electron chi connectivity index (χ4n) is 3.18. The highest BCUT2D eigenvalue weighted by atomic mass is 79.9. The second kappa shape index (κ2) is 7.71. The van der Waals surface area contributed by atoms with Gasteiger partial charge >= 0.3 is 0 Å². The molecule has 1 fully saturated rings. The summed E-state index contributed by atoms with van der Waals surface area (Å²) in [5, 5.41) is 22.3. The monoisotopic (exact) mass is 403 g/mol. The van der Waals surface area contributed by atoms with Crippen molar-refractivity contribution in [1.82, 2.24) is 0 Å². The van der Waals surface area contributed by atoms with Gasteiger partial charge in [0.25, 0.3) is 0 Å². The Balaban J connectivity index is 1.89. The average molecular weight is 404 g/mol. The van der Waals surface area contributed by atoms with Crippen molar-refractivity contribution in [1.29, 1.82) is 5.26 Å². The molecule has 5 heteroatoms. The number of aliphatic hydroxyl groups is 1. The Bertz CT molecular complexity index is 716. The largest absolute Gasteiger partial charge is 0.385 e. The van der Waals surface area contributed by atoms with Crippen molar-refractivity contribution in [2.24, 2.45) is 0 Å². The summed E-state index contributed by atoms with van der Waals surface area (Å²) in [6.45, 7) is 0. The van der Waals surface area contributed by atoms with Crippen LogP contribution < -0.4 is 0 Å². The van der Waals surface area contributed by atoms with Gasteiger partial charge in [0.2, 0.25) is 0 Å². The van der Waals surface area contributed by atoms with Gasteiger partial charge in [-0.25, -0.2) is 0 Å². The molecule has 1 N–H and O–H groups in total. The summed E-state index contributed by atoms with van der Waals surface area (Å²) in [7, 11) is 0. The molecule has 0 aliphatic carbocycles. The smallest absolute Gasteiger partial charge is 0.133 e. The number of rotatable bonds is 4. The summed E-state index contributed by atoms with van der Waals surface area (Å²) in [6, 6.07) is 17.7. The fourth-order valence-corrected chi connectivity index (χ4v) is 3.90. The molecule has 1 aliphatic heterocycles. The Labute approximate surface area is 154 Å². The van der Waals surface area contributed by atoms with Gasteiger partial charge in [-0.15, -0.1) is 0 Å². The van der Waals surface area contributed by atoms with Crippen LogP contribution in [0.2, 0.25) is 0 Å². The molecule has 1 saturated heterocycles. The molecule has 3 nitrogen and oxygen atoms in total. The van der Waals surface area contributed by atoms with E-state index in [0.717, 1.165) is 15.6 Å². The van der Waals surface area contributed by atoms with Gasteiger partial charge in [0.15, 0.2) is 0 Å². The Morgan fingerprint density at radius 2 is 1.88 bits per heavy atom. The Morgan fingerprint density at radius 1 is 1.17 bits per heavy atom. The number of thiocyanates is 1. The normalized spacial score (nSPS) is 26.7. The molecule has 0 saturated carbocycles. The van der Waals surface area contributed by atoms with Crippen LogP contribution in [0.5, 0.6) is 0 Å². The molecule has 0 unspecified atom stereocenters. The van der Waals surface area contributed by atoms with E-state index < -0.39 is 5.60 Å². The number of nitrogens with zero attached hydrogens (tertiary/aromatic N) is 1. The molecule has 2 aromatic carbocycles. The number of thioether (sulfide) groups is 1. The Kier molecular flexibility index (Phi) is 5.62. The molecule has 0 bridgehead atoms. The zero-order valence-electron chi connectivity index (χ0n) is 13.1. The average Bonchev–Trinajstić information content (AvgIpc) is 2.61. The lowest BCUT2D eigenvalue weighted by molar-refractivity contribution is -0.142. The summed E-state index contributed by atoms with van der Waals surface area (Å²) in [4.78, 5) is 0. The summed E-state index contributed by atoms with van der Waals surface area (Å²) in [6.07, 6.45) is 0.647. The Hall–Kier alpha value is -1.32. The van der Waals surface area contributed by atoms with Crippen LogP contribution in [0.15, 0.2) is 59.1 Å². The van der Waals surface area contributed by atoms with Gasteiger partial charge in [-0.1, -0.05) is 58.4 Å². The predicted molar refractivity (Wildman–Crippen MR) is 99.4 cm³/mol. The first-order valence-corrected chi connectivity index (χ1v) is 9.58. The van der Waals surface area contributed by atoms with Gasteiger partial charge in [0.05, 0.1) is 17.8 Å². The lowest BCUT2D eigenvalue weighted by atomic mass is 9.80. The third kappa shape index (κ3) is 4.01. The minimum absolute atomic E-state index is 0.165. The molecule has 3 rings (SSSR count). The van der Waals surface area contributed by atoms with Crippen molar-refractivity contribution in [3.8, 4) is 5.40 Å². The predicted octanol–water partition coefficient (Wildman–Crippen LogP) is 4.77. The standard InChI is InChI=1S/C19H18BrNO2S/c20-16-8-6-14(7-9-16)18-11-19(22,15-4-2-1-3-5-15)10-17(23-18)12-24-13-21/h1-9,17-18,22H,10-12H2/t17-,18+,19-/m0/s1. The van der Waals surface area contributed by atoms with E-state index in [1.807, 2.05) is 54.6 Å². The van der Waals surface area contributed by atoms with E-state index >= 15 is 0 Å². The molecule has 3 atom stereocenters. The van der Waals surface area contributed by atoms with Gasteiger partial charge in [-0.05, 0) is 35.0 Å². The maximum absolute atomic E-state index is 11.3. The van der Waals surface area contributed by atoms with Gasteiger partial charge < -0.3 is 9.84 Å². The number of hydrogen-bond donors (Lipinski definition) is 1. The van der Waals surface area contributed by atoms with Crippen LogP contribution in [0, 0.1) is 10.7 Å². The molecule has 0 amide bonds. The van der Waals surface area contributed by atoms with E-state index in [0.29, 0.717) is 18.6 Å². The van der Waals surface area contributed by atoms with Gasteiger partial charge in [0, 0.05) is 23.1 Å². The SMILES string of the molecule is N#CSC[C@@H]1C[C@@](O)(c2ccccc2)C[C@H](c2ccc(Br)cc2)O1. The minimum atomic E-state index is -0.946. The van der Waals surface area contributed by atoms with Crippen molar-refractivity contribution in [3.05, 3.63) is 70.2 Å². The molecular formula is C19H18BrNO2S. The van der Waals surface area contributed by atoms with Crippen molar-refractivity contribution in [2.45, 2.75) is 30.7 Å². The molecule has 0 aromatic heterocycles. The maximum atomic E-state index is 11.3. The first-order chi connectivity index (χ1) is 11.6. The minimum Gasteiger partial charge on any atom is -0.385 e. The summed E-state index contributed by atoms with van der Waals surface area (Å²) >= 11 is 4.62. The highest BCUT2D eigenvalue weighted by molar-refractivity contribution is 9.10. The van der Waals surface area contributed by atoms with Crippen LogP contribution in [0.25, 0.3) is 0 Å². The van der Waals surface area contributed by atoms with Crippen molar-refractivity contribution in [2.75, 3.05) is 5.75 Å². The van der Waals surface area contributed by atoms with Crippen molar-refractivity contribution < 1.29 is 9.84 Å². The zero-order chi connectivity index (χ0) is 17.0. The van der Waals surface area contributed by atoms with Crippen LogP contribution in [-0.4, -0.2) is 17.0 Å². The van der Waals surface area contributed by atoms with Crippen molar-refractivity contribution in [3.63, 3.8) is 0 Å². The van der Waals surface area contributed by atoms with E-state index in [2.05, 4.69) is 21.3 Å². The third-order valence-electron chi connectivity index (χ3n) is 4.33. The van der Waals surface area contributed by atoms with E-state index in [4.69, 9.17) is 10.00 Å². The highest BCUT2D eigenvalue weighted by Gasteiger charge is 2.41. The quantitative estimate of drug-likeness (QED) is 0.746. The van der Waals surface area contributed by atoms with E-state index in [1.54, 1.807) is 0 Å². The number of nitriles is 1. The molecule has 0 spiro atoms. The summed E-state index contributed by atoms with van der Waals surface area (Å²) in [5.74, 6) is 0.554. The molecule has 24 heavy (non-hydrogen) atoms. The molecule has 124 valence electrons. The van der Waals surface area contributed by atoms with Gasteiger partial charge in [0.1, 0.15) is 5.40 Å². The van der Waals surface area contributed by atoms with Crippen LogP contribution in [0.1, 0.15) is 30.1 Å². The van der Waals surface area contributed by atoms with Crippen molar-refractivity contribution >= 4 is 27.7 Å². The first kappa shape index (κ1) is 17.5. The van der Waals surface area contributed by atoms with E-state index in [1.165, 1.54) is 11.8 Å². The van der Waals surface area contributed by atoms with E-state index in [9.17, 15) is 5.11 Å². The highest BCUT2D eigenvalue weighted by Crippen LogP contribution is 2.44. The van der Waals surface area contributed by atoms with Gasteiger partial charge in [-0.3, -0.25) is 0 Å². The number of ether oxygens (including phenoxy) is 1. The zero-order valence-corrected chi connectivity index (χ0v) is 15.5. The fraction of sp³-hybridized carbons (Fsp3) is 0.316. The Morgan fingerprint density at radius 3 is 2.54 bits per heavy atom. The second-order valence-corrected chi connectivity index (χ2v) is 7.73. The molecular weight excluding hydrogens is 386 g/mol. The summed E-state index contributed by atoms with van der Waals surface area (Å²) in [5.41, 5.74) is 0.999. The third-order valence-corrected chi connectivity index (χ3v) is 5.53. The molecule has 2 aromatic rings. The van der Waals surface area contributed by atoms with Crippen LogP contribution >= 0.6 is 27.7 Å². The molecule has 0 radical (unpaired) electrons. The van der Waals surface area contributed by atoms with Crippen LogP contribution in [0.3, 0.4) is 0 Å². The second-order valence-electron chi connectivity index (χ2n) is 6.01. The van der Waals surface area contributed by atoms with Crippen LogP contribution in [0.4, 0.5) is 0 Å². The number of halogens is 1. The molecule has 1 heterocycles. The first-order valence-electron chi connectivity index (χ1n) is 7.80. The van der Waals surface area contributed by atoms with Gasteiger partial charge in [-0.2, -0.15) is 5.26 Å². The number of benzene rings is 2.